The number of hydrogen-bond donors (Lipinski definition) is 2. The Bertz CT molecular complexity index is 690. The van der Waals surface area contributed by atoms with Crippen LogP contribution in [0.5, 0.6) is 0 Å². The number of thiazole rings is 1. The largest absolute Gasteiger partial charge is 0.457 e. The number of benzene rings is 1. The van der Waals surface area contributed by atoms with E-state index < -0.39 is 0 Å². The summed E-state index contributed by atoms with van der Waals surface area (Å²) < 4.78 is 12.2. The molecule has 3 aromatic rings. The van der Waals surface area contributed by atoms with Crippen molar-refractivity contribution in [2.75, 3.05) is 26.4 Å². The summed E-state index contributed by atoms with van der Waals surface area (Å²) in [7, 11) is 0. The molecule has 0 aliphatic carbocycles. The smallest absolute Gasteiger partial charge is 0.163 e. The number of fused-ring (bicyclic) bond motifs is 1. The molecule has 0 spiro atoms. The highest BCUT2D eigenvalue weighted by Gasteiger charge is 2.10. The lowest BCUT2D eigenvalue weighted by molar-refractivity contribution is 0.0936. The molecule has 0 aliphatic rings. The van der Waals surface area contributed by atoms with Crippen LogP contribution in [0, 0.1) is 0 Å². The SMILES string of the molecule is OCCOCCNCc1ccc(-c2nc3ccccc3s2)o1. The van der Waals surface area contributed by atoms with Gasteiger partial charge in [0.25, 0.3) is 0 Å². The van der Waals surface area contributed by atoms with Crippen LogP contribution < -0.4 is 5.32 Å². The van der Waals surface area contributed by atoms with Gasteiger partial charge >= 0.3 is 0 Å². The predicted octanol–water partition coefficient (Wildman–Crippen LogP) is 2.65. The second kappa shape index (κ2) is 7.51. The Kier molecular flexibility index (Phi) is 5.18. The zero-order valence-electron chi connectivity index (χ0n) is 12.1. The third kappa shape index (κ3) is 3.72. The first-order chi connectivity index (χ1) is 10.9. The normalized spacial score (nSPS) is 11.3. The minimum absolute atomic E-state index is 0.0592. The second-order valence-electron chi connectivity index (χ2n) is 4.77. The molecule has 0 fully saturated rings. The molecule has 116 valence electrons. The Labute approximate surface area is 132 Å². The maximum absolute atomic E-state index is 8.60. The highest BCUT2D eigenvalue weighted by atomic mass is 32.1. The van der Waals surface area contributed by atoms with Gasteiger partial charge in [-0.2, -0.15) is 0 Å². The molecule has 2 N–H and O–H groups in total. The topological polar surface area (TPSA) is 67.5 Å². The second-order valence-corrected chi connectivity index (χ2v) is 5.80. The Morgan fingerprint density at radius 1 is 1.18 bits per heavy atom. The van der Waals surface area contributed by atoms with E-state index in [-0.39, 0.29) is 6.61 Å². The van der Waals surface area contributed by atoms with Gasteiger partial charge in [-0.15, -0.1) is 11.3 Å². The standard InChI is InChI=1S/C16H18N2O3S/c19-8-10-20-9-7-17-11-12-5-6-14(21-12)16-18-13-3-1-2-4-15(13)22-16/h1-6,17,19H,7-11H2. The zero-order valence-corrected chi connectivity index (χ0v) is 12.9. The first-order valence-corrected chi connectivity index (χ1v) is 8.02. The summed E-state index contributed by atoms with van der Waals surface area (Å²) in [6.07, 6.45) is 0. The molecule has 0 radical (unpaired) electrons. The van der Waals surface area contributed by atoms with Gasteiger partial charge in [0.1, 0.15) is 5.76 Å². The molecule has 0 atom stereocenters. The predicted molar refractivity (Wildman–Crippen MR) is 86.9 cm³/mol. The first kappa shape index (κ1) is 15.2. The lowest BCUT2D eigenvalue weighted by Crippen LogP contribution is -2.19. The minimum atomic E-state index is 0.0592. The summed E-state index contributed by atoms with van der Waals surface area (Å²) in [6, 6.07) is 12.0. The van der Waals surface area contributed by atoms with Crippen LogP contribution in [0.3, 0.4) is 0 Å². The first-order valence-electron chi connectivity index (χ1n) is 7.21. The van der Waals surface area contributed by atoms with E-state index in [1.54, 1.807) is 11.3 Å². The molecular formula is C16H18N2O3S. The molecule has 5 nitrogen and oxygen atoms in total. The fourth-order valence-corrected chi connectivity index (χ4v) is 3.02. The average molecular weight is 318 g/mol. The molecule has 6 heteroatoms. The minimum Gasteiger partial charge on any atom is -0.457 e. The molecule has 2 heterocycles. The highest BCUT2D eigenvalue weighted by Crippen LogP contribution is 2.30. The quantitative estimate of drug-likeness (QED) is 0.625. The van der Waals surface area contributed by atoms with E-state index in [1.165, 1.54) is 0 Å². The van der Waals surface area contributed by atoms with Crippen molar-refractivity contribution in [3.63, 3.8) is 0 Å². The molecule has 0 aliphatic heterocycles. The summed E-state index contributed by atoms with van der Waals surface area (Å²) in [4.78, 5) is 4.59. The van der Waals surface area contributed by atoms with E-state index in [9.17, 15) is 0 Å². The van der Waals surface area contributed by atoms with Gasteiger partial charge in [0.15, 0.2) is 10.8 Å². The van der Waals surface area contributed by atoms with E-state index in [0.29, 0.717) is 19.8 Å². The number of rotatable bonds is 8. The fourth-order valence-electron chi connectivity index (χ4n) is 2.09. The van der Waals surface area contributed by atoms with Crippen molar-refractivity contribution in [1.29, 1.82) is 0 Å². The van der Waals surface area contributed by atoms with Crippen molar-refractivity contribution in [3.8, 4) is 10.8 Å². The molecule has 22 heavy (non-hydrogen) atoms. The van der Waals surface area contributed by atoms with Crippen molar-refractivity contribution in [1.82, 2.24) is 10.3 Å². The van der Waals surface area contributed by atoms with Crippen LogP contribution >= 0.6 is 11.3 Å². The Morgan fingerprint density at radius 2 is 2.09 bits per heavy atom. The molecule has 2 aromatic heterocycles. The van der Waals surface area contributed by atoms with Gasteiger partial charge in [0, 0.05) is 6.54 Å². The lowest BCUT2D eigenvalue weighted by Gasteiger charge is -2.03. The molecular weight excluding hydrogens is 300 g/mol. The maximum Gasteiger partial charge on any atom is 0.163 e. The number of aliphatic hydroxyl groups is 1. The van der Waals surface area contributed by atoms with Crippen LogP contribution in [0.15, 0.2) is 40.8 Å². The van der Waals surface area contributed by atoms with Crippen LogP contribution in [-0.2, 0) is 11.3 Å². The number of furan rings is 1. The third-order valence-electron chi connectivity index (χ3n) is 3.12. The van der Waals surface area contributed by atoms with Gasteiger partial charge in [-0.05, 0) is 24.3 Å². The fraction of sp³-hybridized carbons (Fsp3) is 0.312. The van der Waals surface area contributed by atoms with Gasteiger partial charge in [0.2, 0.25) is 0 Å². The molecule has 0 saturated heterocycles. The van der Waals surface area contributed by atoms with Crippen molar-refractivity contribution in [2.45, 2.75) is 6.54 Å². The summed E-state index contributed by atoms with van der Waals surface area (Å²) in [6.45, 7) is 2.38. The Morgan fingerprint density at radius 3 is 2.95 bits per heavy atom. The van der Waals surface area contributed by atoms with Crippen molar-refractivity contribution in [3.05, 3.63) is 42.2 Å². The van der Waals surface area contributed by atoms with Crippen molar-refractivity contribution >= 4 is 21.6 Å². The van der Waals surface area contributed by atoms with E-state index in [2.05, 4.69) is 16.4 Å². The van der Waals surface area contributed by atoms with Gasteiger partial charge in [-0.25, -0.2) is 4.98 Å². The molecule has 1 aromatic carbocycles. The number of aromatic nitrogens is 1. The van der Waals surface area contributed by atoms with E-state index in [4.69, 9.17) is 14.3 Å². The number of nitrogens with zero attached hydrogens (tertiary/aromatic N) is 1. The number of ether oxygens (including phenoxy) is 1. The van der Waals surface area contributed by atoms with Crippen LogP contribution in [0.4, 0.5) is 0 Å². The Balaban J connectivity index is 1.56. The summed E-state index contributed by atoms with van der Waals surface area (Å²) in [5.74, 6) is 1.67. The number of hydrogen-bond acceptors (Lipinski definition) is 6. The molecule has 0 unspecified atom stereocenters. The van der Waals surface area contributed by atoms with E-state index >= 15 is 0 Å². The highest BCUT2D eigenvalue weighted by molar-refractivity contribution is 7.21. The van der Waals surface area contributed by atoms with Crippen molar-refractivity contribution in [2.24, 2.45) is 0 Å². The van der Waals surface area contributed by atoms with Gasteiger partial charge in [-0.3, -0.25) is 0 Å². The number of para-hydroxylation sites is 1. The molecule has 0 saturated carbocycles. The van der Waals surface area contributed by atoms with E-state index in [1.807, 2.05) is 30.3 Å². The summed E-state index contributed by atoms with van der Waals surface area (Å²) in [5.41, 5.74) is 1.000. The van der Waals surface area contributed by atoms with Crippen LogP contribution in [0.25, 0.3) is 21.0 Å². The van der Waals surface area contributed by atoms with Gasteiger partial charge in [-0.1, -0.05) is 12.1 Å². The summed E-state index contributed by atoms with van der Waals surface area (Å²) >= 11 is 1.63. The lowest BCUT2D eigenvalue weighted by atomic mass is 10.3. The number of nitrogens with one attached hydrogen (secondary N) is 1. The molecule has 0 bridgehead atoms. The van der Waals surface area contributed by atoms with Gasteiger partial charge in [0.05, 0.1) is 36.6 Å². The molecule has 0 amide bonds. The van der Waals surface area contributed by atoms with Crippen LogP contribution in [-0.4, -0.2) is 36.5 Å². The monoisotopic (exact) mass is 318 g/mol. The third-order valence-corrected chi connectivity index (χ3v) is 4.18. The summed E-state index contributed by atoms with van der Waals surface area (Å²) in [5, 5.41) is 12.7. The van der Waals surface area contributed by atoms with E-state index in [0.717, 1.165) is 33.3 Å². The zero-order chi connectivity index (χ0) is 15.2. The number of aliphatic hydroxyl groups excluding tert-OH is 1. The van der Waals surface area contributed by atoms with Crippen molar-refractivity contribution < 1.29 is 14.3 Å². The molecule has 3 rings (SSSR count). The van der Waals surface area contributed by atoms with Crippen LogP contribution in [0.1, 0.15) is 5.76 Å². The maximum atomic E-state index is 8.60. The van der Waals surface area contributed by atoms with Gasteiger partial charge < -0.3 is 19.6 Å². The van der Waals surface area contributed by atoms with Crippen LogP contribution in [0.2, 0.25) is 0 Å². The Hall–Kier alpha value is -1.73. The average Bonchev–Trinajstić information content (AvgIpc) is 3.16.